The number of benzene rings is 1. The van der Waals surface area contributed by atoms with Crippen molar-refractivity contribution in [1.82, 2.24) is 9.55 Å². The van der Waals surface area contributed by atoms with E-state index in [0.29, 0.717) is 17.2 Å². The number of aryl methyl sites for hydroxylation is 1. The van der Waals surface area contributed by atoms with Crippen LogP contribution < -0.4 is 10.3 Å². The number of fused-ring (bicyclic) bond motifs is 1. The third kappa shape index (κ3) is 2.67. The van der Waals surface area contributed by atoms with Gasteiger partial charge in [0.05, 0.1) is 0 Å². The third-order valence-corrected chi connectivity index (χ3v) is 2.91. The van der Waals surface area contributed by atoms with Gasteiger partial charge < -0.3 is 9.15 Å². The van der Waals surface area contributed by atoms with E-state index in [2.05, 4.69) is 9.72 Å². The van der Waals surface area contributed by atoms with Crippen molar-refractivity contribution >= 4 is 11.1 Å². The van der Waals surface area contributed by atoms with Crippen LogP contribution in [0.25, 0.3) is 16.8 Å². The minimum atomic E-state index is -4.75. The molecule has 2 heterocycles. The van der Waals surface area contributed by atoms with Crippen molar-refractivity contribution in [2.24, 2.45) is 0 Å². The van der Waals surface area contributed by atoms with Crippen LogP contribution in [0.2, 0.25) is 0 Å². The second kappa shape index (κ2) is 4.90. The van der Waals surface area contributed by atoms with E-state index in [0.717, 1.165) is 12.1 Å². The lowest BCUT2D eigenvalue weighted by Crippen LogP contribution is -2.18. The molecule has 2 aromatic heterocycles. The molecule has 1 aromatic carbocycles. The maximum absolute atomic E-state index is 12.3. The topological polar surface area (TPSA) is 57.3 Å². The molecule has 0 fully saturated rings. The maximum Gasteiger partial charge on any atom is 0.573 e. The zero-order valence-corrected chi connectivity index (χ0v) is 11.2. The van der Waals surface area contributed by atoms with Crippen molar-refractivity contribution in [3.8, 4) is 11.4 Å². The van der Waals surface area contributed by atoms with Crippen LogP contribution in [0.15, 0.2) is 45.7 Å². The average molecular weight is 310 g/mol. The van der Waals surface area contributed by atoms with Crippen molar-refractivity contribution < 1.29 is 22.3 Å². The average Bonchev–Trinajstić information content (AvgIpc) is 2.80. The standard InChI is InChI=1S/C14H9F3N2O3/c1-8-18-12-11(21-8)6-7-19(13(12)20)9-2-4-10(5-3-9)22-14(15,16)17/h2-7H,1H3. The first-order valence-electron chi connectivity index (χ1n) is 6.18. The van der Waals surface area contributed by atoms with E-state index in [1.807, 2.05) is 0 Å². The summed E-state index contributed by atoms with van der Waals surface area (Å²) in [5, 5.41) is 0. The van der Waals surface area contributed by atoms with Crippen LogP contribution in [0, 0.1) is 6.92 Å². The summed E-state index contributed by atoms with van der Waals surface area (Å²) in [6.07, 6.45) is -3.29. The Morgan fingerprint density at radius 3 is 2.50 bits per heavy atom. The Hall–Kier alpha value is -2.77. The smallest absolute Gasteiger partial charge is 0.441 e. The highest BCUT2D eigenvalue weighted by Gasteiger charge is 2.31. The Bertz CT molecular complexity index is 879. The third-order valence-electron chi connectivity index (χ3n) is 2.91. The van der Waals surface area contributed by atoms with Crippen LogP contribution in [-0.2, 0) is 0 Å². The van der Waals surface area contributed by atoms with Gasteiger partial charge in [0.15, 0.2) is 17.0 Å². The number of aromatic nitrogens is 2. The summed E-state index contributed by atoms with van der Waals surface area (Å²) in [7, 11) is 0. The Morgan fingerprint density at radius 1 is 1.18 bits per heavy atom. The van der Waals surface area contributed by atoms with E-state index in [1.165, 1.54) is 22.9 Å². The molecule has 0 unspecified atom stereocenters. The largest absolute Gasteiger partial charge is 0.573 e. The summed E-state index contributed by atoms with van der Waals surface area (Å²) in [6.45, 7) is 1.62. The second-order valence-electron chi connectivity index (χ2n) is 4.48. The van der Waals surface area contributed by atoms with E-state index in [9.17, 15) is 18.0 Å². The van der Waals surface area contributed by atoms with Gasteiger partial charge in [0.2, 0.25) is 0 Å². The molecule has 0 saturated heterocycles. The molecule has 0 aliphatic heterocycles. The molecule has 0 spiro atoms. The second-order valence-corrected chi connectivity index (χ2v) is 4.48. The first-order valence-corrected chi connectivity index (χ1v) is 6.18. The molecule has 22 heavy (non-hydrogen) atoms. The van der Waals surface area contributed by atoms with Gasteiger partial charge in [0.1, 0.15) is 5.75 Å². The van der Waals surface area contributed by atoms with Gasteiger partial charge >= 0.3 is 6.36 Å². The highest BCUT2D eigenvalue weighted by atomic mass is 19.4. The van der Waals surface area contributed by atoms with E-state index in [1.54, 1.807) is 13.0 Å². The molecule has 8 heteroatoms. The summed E-state index contributed by atoms with van der Waals surface area (Å²) < 4.78 is 46.6. The molecule has 0 radical (unpaired) electrons. The Balaban J connectivity index is 2.01. The van der Waals surface area contributed by atoms with Crippen LogP contribution in [0.3, 0.4) is 0 Å². The highest BCUT2D eigenvalue weighted by Crippen LogP contribution is 2.23. The SMILES string of the molecule is Cc1nc2c(=O)n(-c3ccc(OC(F)(F)F)cc3)ccc2o1. The van der Waals surface area contributed by atoms with Crippen molar-refractivity contribution in [1.29, 1.82) is 0 Å². The van der Waals surface area contributed by atoms with E-state index in [-0.39, 0.29) is 11.3 Å². The van der Waals surface area contributed by atoms with Crippen LogP contribution in [0.4, 0.5) is 13.2 Å². The molecule has 3 aromatic rings. The molecule has 0 aliphatic rings. The molecule has 114 valence electrons. The maximum atomic E-state index is 12.3. The first-order chi connectivity index (χ1) is 10.3. The lowest BCUT2D eigenvalue weighted by atomic mass is 10.3. The van der Waals surface area contributed by atoms with Gasteiger partial charge in [-0.2, -0.15) is 0 Å². The molecule has 0 atom stereocenters. The number of alkyl halides is 3. The molecular formula is C14H9F3N2O3. The van der Waals surface area contributed by atoms with Crippen molar-refractivity contribution in [3.63, 3.8) is 0 Å². The lowest BCUT2D eigenvalue weighted by Gasteiger charge is -2.10. The molecule has 0 N–H and O–H groups in total. The minimum absolute atomic E-state index is 0.163. The highest BCUT2D eigenvalue weighted by molar-refractivity contribution is 5.71. The summed E-state index contributed by atoms with van der Waals surface area (Å²) >= 11 is 0. The first kappa shape index (κ1) is 14.2. The molecule has 5 nitrogen and oxygen atoms in total. The van der Waals surface area contributed by atoms with Crippen LogP contribution in [0.5, 0.6) is 5.75 Å². The van der Waals surface area contributed by atoms with Gasteiger partial charge in [-0.1, -0.05) is 0 Å². The van der Waals surface area contributed by atoms with Gasteiger partial charge in [0.25, 0.3) is 5.56 Å². The quantitative estimate of drug-likeness (QED) is 0.729. The van der Waals surface area contributed by atoms with Gasteiger partial charge in [-0.15, -0.1) is 13.2 Å². The van der Waals surface area contributed by atoms with Crippen molar-refractivity contribution in [3.05, 3.63) is 52.8 Å². The number of nitrogens with zero attached hydrogens (tertiary/aromatic N) is 2. The molecule has 0 saturated carbocycles. The number of hydrogen-bond acceptors (Lipinski definition) is 4. The Morgan fingerprint density at radius 2 is 1.86 bits per heavy atom. The van der Waals surface area contributed by atoms with Gasteiger partial charge in [0, 0.05) is 24.9 Å². The summed E-state index contributed by atoms with van der Waals surface area (Å²) in [6, 6.07) is 6.53. The van der Waals surface area contributed by atoms with Gasteiger partial charge in [-0.05, 0) is 24.3 Å². The number of halogens is 3. The van der Waals surface area contributed by atoms with E-state index < -0.39 is 11.9 Å². The number of rotatable bonds is 2. The number of ether oxygens (including phenoxy) is 1. The Kier molecular flexibility index (Phi) is 3.16. The Labute approximate surface area is 121 Å². The summed E-state index contributed by atoms with van der Waals surface area (Å²) in [5.74, 6) is 0.00133. The van der Waals surface area contributed by atoms with Crippen LogP contribution >= 0.6 is 0 Å². The number of pyridine rings is 1. The van der Waals surface area contributed by atoms with Crippen molar-refractivity contribution in [2.75, 3.05) is 0 Å². The van der Waals surface area contributed by atoms with Crippen LogP contribution in [0.1, 0.15) is 5.89 Å². The zero-order valence-electron chi connectivity index (χ0n) is 11.2. The summed E-state index contributed by atoms with van der Waals surface area (Å²) in [4.78, 5) is 16.3. The number of oxazole rings is 1. The van der Waals surface area contributed by atoms with E-state index in [4.69, 9.17) is 4.42 Å². The van der Waals surface area contributed by atoms with Crippen molar-refractivity contribution in [2.45, 2.75) is 13.3 Å². The molecule has 0 amide bonds. The summed E-state index contributed by atoms with van der Waals surface area (Å²) in [5.41, 5.74) is 0.493. The molecule has 3 rings (SSSR count). The normalized spacial score (nSPS) is 11.8. The molecular weight excluding hydrogens is 301 g/mol. The fraction of sp³-hybridized carbons (Fsp3) is 0.143. The fourth-order valence-corrected chi connectivity index (χ4v) is 2.04. The molecule has 0 bridgehead atoms. The van der Waals surface area contributed by atoms with Crippen LogP contribution in [-0.4, -0.2) is 15.9 Å². The number of hydrogen-bond donors (Lipinski definition) is 0. The minimum Gasteiger partial charge on any atom is -0.441 e. The predicted octanol–water partition coefficient (Wildman–Crippen LogP) is 3.19. The van der Waals surface area contributed by atoms with Gasteiger partial charge in [-0.3, -0.25) is 9.36 Å². The van der Waals surface area contributed by atoms with E-state index >= 15 is 0 Å². The fourth-order valence-electron chi connectivity index (χ4n) is 2.04. The monoisotopic (exact) mass is 310 g/mol. The predicted molar refractivity (Wildman–Crippen MR) is 71.0 cm³/mol. The zero-order chi connectivity index (χ0) is 15.9. The molecule has 0 aliphatic carbocycles. The van der Waals surface area contributed by atoms with Gasteiger partial charge in [-0.25, -0.2) is 4.98 Å². The lowest BCUT2D eigenvalue weighted by molar-refractivity contribution is -0.274.